The summed E-state index contributed by atoms with van der Waals surface area (Å²) < 4.78 is 1.94. The summed E-state index contributed by atoms with van der Waals surface area (Å²) in [6.07, 6.45) is 5.08. The molecule has 2 N–H and O–H groups in total. The highest BCUT2D eigenvalue weighted by Crippen LogP contribution is 2.40. The highest BCUT2D eigenvalue weighted by Gasteiger charge is 2.35. The fourth-order valence-electron chi connectivity index (χ4n) is 4.13. The van der Waals surface area contributed by atoms with Crippen LogP contribution < -0.4 is 10.6 Å². The monoisotopic (exact) mass is 481 g/mol. The number of aliphatic imine (C=N–C) groups is 1. The molecule has 1 fully saturated rings. The Bertz CT molecular complexity index is 760. The number of nitrogens with zero attached hydrogens (tertiary/aromatic N) is 3. The van der Waals surface area contributed by atoms with E-state index < -0.39 is 0 Å². The van der Waals surface area contributed by atoms with Crippen LogP contribution >= 0.6 is 24.0 Å². The highest BCUT2D eigenvalue weighted by molar-refractivity contribution is 14.0. The van der Waals surface area contributed by atoms with E-state index in [1.807, 2.05) is 18.8 Å². The Morgan fingerprint density at radius 2 is 1.81 bits per heavy atom. The van der Waals surface area contributed by atoms with E-state index in [9.17, 15) is 0 Å². The summed E-state index contributed by atoms with van der Waals surface area (Å²) in [5.74, 6) is 0.856. The van der Waals surface area contributed by atoms with Gasteiger partial charge in [-0.3, -0.25) is 9.67 Å². The SMILES string of the molecule is CN=C(NCc1c(C)nn(C)c1C)NCC1(c2ccccc2)CCCC1.I. The van der Waals surface area contributed by atoms with Crippen molar-refractivity contribution < 1.29 is 0 Å². The molecule has 1 aliphatic carbocycles. The third kappa shape index (κ3) is 4.83. The molecule has 0 atom stereocenters. The summed E-state index contributed by atoms with van der Waals surface area (Å²) in [6.45, 7) is 5.82. The van der Waals surface area contributed by atoms with Crippen molar-refractivity contribution >= 4 is 29.9 Å². The summed E-state index contributed by atoms with van der Waals surface area (Å²) in [6, 6.07) is 10.9. The zero-order valence-corrected chi connectivity index (χ0v) is 19.2. The third-order valence-corrected chi connectivity index (χ3v) is 5.86. The van der Waals surface area contributed by atoms with Crippen LogP contribution in [0, 0.1) is 13.8 Å². The second-order valence-corrected chi connectivity index (χ2v) is 7.41. The van der Waals surface area contributed by atoms with Crippen LogP contribution in [0.15, 0.2) is 35.3 Å². The van der Waals surface area contributed by atoms with E-state index in [-0.39, 0.29) is 29.4 Å². The quantitative estimate of drug-likeness (QED) is 0.388. The molecule has 1 aromatic carbocycles. The standard InChI is InChI=1S/C21H31N5.HI/c1-16-19(17(2)26(4)25-16)14-23-20(22-3)24-15-21(12-8-9-13-21)18-10-6-5-7-11-18;/h5-7,10-11H,8-9,12-15H2,1-4H3,(H2,22,23,24);1H. The van der Waals surface area contributed by atoms with E-state index in [1.54, 1.807) is 0 Å². The number of guanidine groups is 1. The Labute approximate surface area is 180 Å². The van der Waals surface area contributed by atoms with Gasteiger partial charge in [-0.25, -0.2) is 0 Å². The van der Waals surface area contributed by atoms with Gasteiger partial charge in [0.05, 0.1) is 5.69 Å². The van der Waals surface area contributed by atoms with Gasteiger partial charge in [-0.2, -0.15) is 5.10 Å². The summed E-state index contributed by atoms with van der Waals surface area (Å²) in [5, 5.41) is 11.5. The molecule has 0 unspecified atom stereocenters. The molecular formula is C21H32IN5. The molecule has 0 saturated heterocycles. The van der Waals surface area contributed by atoms with E-state index >= 15 is 0 Å². The molecule has 1 heterocycles. The normalized spacial score (nSPS) is 16.1. The number of hydrogen-bond donors (Lipinski definition) is 2. The Hall–Kier alpha value is -1.57. The van der Waals surface area contributed by atoms with Gasteiger partial charge >= 0.3 is 0 Å². The zero-order chi connectivity index (χ0) is 18.6. The van der Waals surface area contributed by atoms with Gasteiger partial charge in [-0.05, 0) is 32.3 Å². The number of halogens is 1. The maximum atomic E-state index is 4.49. The molecule has 0 bridgehead atoms. The molecule has 0 amide bonds. The van der Waals surface area contributed by atoms with E-state index in [0.717, 1.165) is 24.7 Å². The first-order chi connectivity index (χ1) is 12.6. The van der Waals surface area contributed by atoms with Crippen LogP contribution in [-0.4, -0.2) is 29.3 Å². The Balaban J connectivity index is 0.00000261. The molecule has 1 aromatic heterocycles. The van der Waals surface area contributed by atoms with Crippen molar-refractivity contribution in [3.05, 3.63) is 52.8 Å². The van der Waals surface area contributed by atoms with Crippen molar-refractivity contribution in [1.82, 2.24) is 20.4 Å². The second-order valence-electron chi connectivity index (χ2n) is 7.41. The molecule has 27 heavy (non-hydrogen) atoms. The topological polar surface area (TPSA) is 54.2 Å². The van der Waals surface area contributed by atoms with Crippen molar-refractivity contribution in [1.29, 1.82) is 0 Å². The van der Waals surface area contributed by atoms with E-state index in [1.165, 1.54) is 42.5 Å². The molecule has 1 saturated carbocycles. The van der Waals surface area contributed by atoms with E-state index in [0.29, 0.717) is 0 Å². The summed E-state index contributed by atoms with van der Waals surface area (Å²) in [5.41, 5.74) is 5.18. The number of nitrogens with one attached hydrogen (secondary N) is 2. The van der Waals surface area contributed by atoms with Gasteiger partial charge in [-0.1, -0.05) is 43.2 Å². The van der Waals surface area contributed by atoms with Crippen molar-refractivity contribution in [2.75, 3.05) is 13.6 Å². The largest absolute Gasteiger partial charge is 0.356 e. The molecule has 3 rings (SSSR count). The number of aryl methyl sites for hydroxylation is 2. The average Bonchev–Trinajstić information content (AvgIpc) is 3.23. The lowest BCUT2D eigenvalue weighted by Gasteiger charge is -2.30. The maximum Gasteiger partial charge on any atom is 0.191 e. The third-order valence-electron chi connectivity index (χ3n) is 5.86. The molecule has 6 heteroatoms. The smallest absolute Gasteiger partial charge is 0.191 e. The van der Waals surface area contributed by atoms with Gasteiger partial charge in [0.25, 0.3) is 0 Å². The minimum absolute atomic E-state index is 0. The summed E-state index contributed by atoms with van der Waals surface area (Å²) >= 11 is 0. The zero-order valence-electron chi connectivity index (χ0n) is 16.9. The minimum atomic E-state index is 0. The number of hydrogen-bond acceptors (Lipinski definition) is 2. The number of aromatic nitrogens is 2. The molecule has 0 radical (unpaired) electrons. The van der Waals surface area contributed by atoms with E-state index in [2.05, 4.69) is 64.9 Å². The van der Waals surface area contributed by atoms with Crippen molar-refractivity contribution in [2.45, 2.75) is 51.5 Å². The van der Waals surface area contributed by atoms with Crippen molar-refractivity contribution in [2.24, 2.45) is 12.0 Å². The highest BCUT2D eigenvalue weighted by atomic mass is 127. The molecule has 5 nitrogen and oxygen atoms in total. The van der Waals surface area contributed by atoms with Gasteiger partial charge < -0.3 is 10.6 Å². The summed E-state index contributed by atoms with van der Waals surface area (Å²) in [7, 11) is 3.82. The molecule has 1 aliphatic rings. The first-order valence-corrected chi connectivity index (χ1v) is 9.55. The van der Waals surface area contributed by atoms with Crippen molar-refractivity contribution in [3.63, 3.8) is 0 Å². The van der Waals surface area contributed by atoms with Gasteiger partial charge in [0.1, 0.15) is 0 Å². The summed E-state index contributed by atoms with van der Waals surface area (Å²) in [4.78, 5) is 4.42. The van der Waals surface area contributed by atoms with Crippen LogP contribution in [0.3, 0.4) is 0 Å². The lowest BCUT2D eigenvalue weighted by Crippen LogP contribution is -2.44. The minimum Gasteiger partial charge on any atom is -0.356 e. The van der Waals surface area contributed by atoms with Crippen LogP contribution in [0.2, 0.25) is 0 Å². The molecule has 148 valence electrons. The maximum absolute atomic E-state index is 4.49. The van der Waals surface area contributed by atoms with Gasteiger partial charge in [-0.15, -0.1) is 24.0 Å². The van der Waals surface area contributed by atoms with Gasteiger partial charge in [0.15, 0.2) is 5.96 Å². The predicted octanol–water partition coefficient (Wildman–Crippen LogP) is 3.83. The fraction of sp³-hybridized carbons (Fsp3) is 0.524. The fourth-order valence-corrected chi connectivity index (χ4v) is 4.13. The van der Waals surface area contributed by atoms with Gasteiger partial charge in [0.2, 0.25) is 0 Å². The number of benzene rings is 1. The molecule has 0 spiro atoms. The number of rotatable bonds is 5. The van der Waals surface area contributed by atoms with Crippen molar-refractivity contribution in [3.8, 4) is 0 Å². The first-order valence-electron chi connectivity index (χ1n) is 9.55. The first kappa shape index (κ1) is 21.7. The lowest BCUT2D eigenvalue weighted by atomic mass is 9.79. The Kier molecular flexibility index (Phi) is 7.70. The average molecular weight is 481 g/mol. The van der Waals surface area contributed by atoms with Crippen LogP contribution in [-0.2, 0) is 19.0 Å². The molecule has 2 aromatic rings. The molecular weight excluding hydrogens is 449 g/mol. The van der Waals surface area contributed by atoms with Crippen LogP contribution in [0.5, 0.6) is 0 Å². The van der Waals surface area contributed by atoms with Gasteiger partial charge in [0, 0.05) is 43.9 Å². The van der Waals surface area contributed by atoms with E-state index in [4.69, 9.17) is 0 Å². The van der Waals surface area contributed by atoms with Crippen LogP contribution in [0.4, 0.5) is 0 Å². The molecule has 0 aliphatic heterocycles. The lowest BCUT2D eigenvalue weighted by molar-refractivity contribution is 0.431. The predicted molar refractivity (Wildman–Crippen MR) is 123 cm³/mol. The van der Waals surface area contributed by atoms with Crippen LogP contribution in [0.1, 0.15) is 48.2 Å². The Morgan fingerprint density at radius 1 is 1.15 bits per heavy atom. The van der Waals surface area contributed by atoms with Crippen LogP contribution in [0.25, 0.3) is 0 Å². The Morgan fingerprint density at radius 3 is 2.37 bits per heavy atom. The second kappa shape index (κ2) is 9.57.